The lowest BCUT2D eigenvalue weighted by Gasteiger charge is -2.14. The molecule has 0 atom stereocenters. The lowest BCUT2D eigenvalue weighted by molar-refractivity contribution is -0.385. The molecule has 7 nitrogen and oxygen atoms in total. The fourth-order valence-electron chi connectivity index (χ4n) is 1.91. The molecule has 0 fully saturated rings. The number of hydrogen-bond acceptors (Lipinski definition) is 5. The molecule has 2 rings (SSSR count). The van der Waals surface area contributed by atoms with E-state index in [4.69, 9.17) is 5.14 Å². The minimum atomic E-state index is -3.98. The van der Waals surface area contributed by atoms with Crippen molar-refractivity contribution in [3.63, 3.8) is 0 Å². The van der Waals surface area contributed by atoms with Gasteiger partial charge < -0.3 is 5.32 Å². The summed E-state index contributed by atoms with van der Waals surface area (Å²) < 4.78 is 22.6. The van der Waals surface area contributed by atoms with Gasteiger partial charge in [-0.1, -0.05) is 12.2 Å². The van der Waals surface area contributed by atoms with Crippen LogP contribution in [0.2, 0.25) is 0 Å². The first kappa shape index (κ1) is 13.5. The van der Waals surface area contributed by atoms with Crippen molar-refractivity contribution in [3.8, 4) is 0 Å². The maximum Gasteiger partial charge on any atom is 0.272 e. The molecule has 0 saturated carbocycles. The van der Waals surface area contributed by atoms with E-state index >= 15 is 0 Å². The minimum absolute atomic E-state index is 0.121. The van der Waals surface area contributed by atoms with Gasteiger partial charge in [-0.25, -0.2) is 13.6 Å². The van der Waals surface area contributed by atoms with Crippen LogP contribution in [0.1, 0.15) is 12.8 Å². The molecule has 8 heteroatoms. The summed E-state index contributed by atoms with van der Waals surface area (Å²) in [5.41, 5.74) is 0.0758. The fourth-order valence-corrected chi connectivity index (χ4v) is 2.48. The summed E-state index contributed by atoms with van der Waals surface area (Å²) in [5.74, 6) is 0. The molecule has 0 aromatic heterocycles. The standard InChI is InChI=1S/C11H13N3O4S/c12-19(17,18)11-6-9(5-10(7-11)14(15)16)13-8-3-1-2-4-8/h1-2,5-8,13H,3-4H2,(H2,12,17,18). The van der Waals surface area contributed by atoms with E-state index in [0.717, 1.165) is 18.9 Å². The van der Waals surface area contributed by atoms with E-state index in [1.807, 2.05) is 12.2 Å². The number of non-ortho nitro benzene ring substituents is 1. The number of hydrogen-bond donors (Lipinski definition) is 2. The van der Waals surface area contributed by atoms with Gasteiger partial charge in [0.2, 0.25) is 10.0 Å². The van der Waals surface area contributed by atoms with E-state index in [-0.39, 0.29) is 16.6 Å². The molecule has 3 N–H and O–H groups in total. The smallest absolute Gasteiger partial charge is 0.272 e. The molecule has 1 aromatic carbocycles. The number of nitrogens with one attached hydrogen (secondary N) is 1. The van der Waals surface area contributed by atoms with Gasteiger partial charge in [-0.15, -0.1) is 0 Å². The highest BCUT2D eigenvalue weighted by atomic mass is 32.2. The van der Waals surface area contributed by atoms with Crippen molar-refractivity contribution in [3.05, 3.63) is 40.5 Å². The molecule has 19 heavy (non-hydrogen) atoms. The molecule has 1 aromatic rings. The van der Waals surface area contributed by atoms with Crippen LogP contribution < -0.4 is 10.5 Å². The Labute approximate surface area is 110 Å². The van der Waals surface area contributed by atoms with Crippen LogP contribution in [0.15, 0.2) is 35.2 Å². The van der Waals surface area contributed by atoms with Crippen LogP contribution in [-0.4, -0.2) is 19.4 Å². The van der Waals surface area contributed by atoms with Crippen LogP contribution in [0.25, 0.3) is 0 Å². The van der Waals surface area contributed by atoms with Crippen molar-refractivity contribution in [2.75, 3.05) is 5.32 Å². The summed E-state index contributed by atoms with van der Waals surface area (Å²) in [5, 5.41) is 18.9. The number of nitrogens with two attached hydrogens (primary N) is 1. The summed E-state index contributed by atoms with van der Waals surface area (Å²) in [7, 11) is -3.98. The van der Waals surface area contributed by atoms with E-state index in [0.29, 0.717) is 5.69 Å². The van der Waals surface area contributed by atoms with Gasteiger partial charge in [0.1, 0.15) is 0 Å². The van der Waals surface area contributed by atoms with Crippen LogP contribution in [0, 0.1) is 10.1 Å². The monoisotopic (exact) mass is 283 g/mol. The molecule has 1 aliphatic carbocycles. The number of rotatable bonds is 4. The van der Waals surface area contributed by atoms with Gasteiger partial charge in [-0.3, -0.25) is 10.1 Å². The summed E-state index contributed by atoms with van der Waals surface area (Å²) in [4.78, 5) is 9.88. The Bertz CT molecular complexity index is 631. The fraction of sp³-hybridized carbons (Fsp3) is 0.273. The highest BCUT2D eigenvalue weighted by Crippen LogP contribution is 2.25. The Morgan fingerprint density at radius 2 is 1.89 bits per heavy atom. The first-order chi connectivity index (χ1) is 8.86. The predicted octanol–water partition coefficient (Wildman–Crippen LogP) is 1.37. The number of primary sulfonamides is 1. The SMILES string of the molecule is NS(=O)(=O)c1cc(NC2CC=CC2)cc([N+](=O)[O-])c1. The number of nitro groups is 1. The third-order valence-corrected chi connectivity index (χ3v) is 3.70. The Morgan fingerprint density at radius 1 is 1.26 bits per heavy atom. The van der Waals surface area contributed by atoms with E-state index in [1.165, 1.54) is 12.1 Å². The molecule has 0 aliphatic heterocycles. The molecule has 102 valence electrons. The van der Waals surface area contributed by atoms with Gasteiger partial charge >= 0.3 is 0 Å². The quantitative estimate of drug-likeness (QED) is 0.492. The van der Waals surface area contributed by atoms with Gasteiger partial charge in [-0.2, -0.15) is 0 Å². The number of nitrogens with zero attached hydrogens (tertiary/aromatic N) is 1. The normalized spacial score (nSPS) is 15.6. The van der Waals surface area contributed by atoms with Crippen molar-refractivity contribution in [1.29, 1.82) is 0 Å². The molecule has 0 radical (unpaired) electrons. The van der Waals surface area contributed by atoms with Gasteiger partial charge in [0, 0.05) is 23.9 Å². The third-order valence-electron chi connectivity index (χ3n) is 2.81. The van der Waals surface area contributed by atoms with Gasteiger partial charge in [0.25, 0.3) is 5.69 Å². The largest absolute Gasteiger partial charge is 0.381 e. The average Bonchev–Trinajstić information content (AvgIpc) is 2.80. The molecular formula is C11H13N3O4S. The van der Waals surface area contributed by atoms with Crippen LogP contribution in [0.3, 0.4) is 0 Å². The van der Waals surface area contributed by atoms with Gasteiger partial charge in [0.15, 0.2) is 0 Å². The minimum Gasteiger partial charge on any atom is -0.381 e. The zero-order valence-corrected chi connectivity index (χ0v) is 10.8. The van der Waals surface area contributed by atoms with Crippen LogP contribution in [0.5, 0.6) is 0 Å². The average molecular weight is 283 g/mol. The number of anilines is 1. The van der Waals surface area contributed by atoms with Crippen LogP contribution in [0.4, 0.5) is 11.4 Å². The molecule has 0 amide bonds. The van der Waals surface area contributed by atoms with E-state index < -0.39 is 14.9 Å². The van der Waals surface area contributed by atoms with Crippen molar-refractivity contribution >= 4 is 21.4 Å². The zero-order chi connectivity index (χ0) is 14.0. The summed E-state index contributed by atoms with van der Waals surface area (Å²) in [6.07, 6.45) is 5.59. The molecule has 0 saturated heterocycles. The summed E-state index contributed by atoms with van der Waals surface area (Å²) in [6.45, 7) is 0. The highest BCUT2D eigenvalue weighted by Gasteiger charge is 2.18. The number of sulfonamides is 1. The topological polar surface area (TPSA) is 115 Å². The Hall–Kier alpha value is -1.93. The van der Waals surface area contributed by atoms with Crippen molar-refractivity contribution in [1.82, 2.24) is 0 Å². The lowest BCUT2D eigenvalue weighted by atomic mass is 10.2. The molecule has 0 heterocycles. The maximum atomic E-state index is 11.3. The van der Waals surface area contributed by atoms with Crippen LogP contribution >= 0.6 is 0 Å². The Kier molecular flexibility index (Phi) is 3.54. The first-order valence-corrected chi connectivity index (χ1v) is 7.15. The van der Waals surface area contributed by atoms with E-state index in [1.54, 1.807) is 0 Å². The second kappa shape index (κ2) is 4.98. The third kappa shape index (κ3) is 3.30. The van der Waals surface area contributed by atoms with E-state index in [2.05, 4.69) is 5.32 Å². The molecule has 0 bridgehead atoms. The lowest BCUT2D eigenvalue weighted by Crippen LogP contribution is -2.17. The second-order valence-electron chi connectivity index (χ2n) is 4.30. The van der Waals surface area contributed by atoms with Crippen molar-refractivity contribution in [2.45, 2.75) is 23.8 Å². The molecular weight excluding hydrogens is 270 g/mol. The predicted molar refractivity (Wildman–Crippen MR) is 70.3 cm³/mol. The van der Waals surface area contributed by atoms with Gasteiger partial charge in [0.05, 0.1) is 9.82 Å². The second-order valence-corrected chi connectivity index (χ2v) is 5.86. The highest BCUT2D eigenvalue weighted by molar-refractivity contribution is 7.89. The zero-order valence-electron chi connectivity index (χ0n) is 9.94. The van der Waals surface area contributed by atoms with Crippen LogP contribution in [-0.2, 0) is 10.0 Å². The summed E-state index contributed by atoms with van der Waals surface area (Å²) in [6, 6.07) is 3.68. The summed E-state index contributed by atoms with van der Waals surface area (Å²) >= 11 is 0. The Balaban J connectivity index is 2.36. The first-order valence-electron chi connectivity index (χ1n) is 5.60. The van der Waals surface area contributed by atoms with Crippen molar-refractivity contribution < 1.29 is 13.3 Å². The number of nitro benzene ring substituents is 1. The van der Waals surface area contributed by atoms with Crippen molar-refractivity contribution in [2.24, 2.45) is 5.14 Å². The number of benzene rings is 1. The van der Waals surface area contributed by atoms with Gasteiger partial charge in [-0.05, 0) is 18.9 Å². The maximum absolute atomic E-state index is 11.3. The molecule has 1 aliphatic rings. The van der Waals surface area contributed by atoms with E-state index in [9.17, 15) is 18.5 Å². The molecule has 0 spiro atoms. The molecule has 0 unspecified atom stereocenters. The Morgan fingerprint density at radius 3 is 2.42 bits per heavy atom.